The normalized spacial score (nSPS) is 17.8. The van der Waals surface area contributed by atoms with Crippen LogP contribution in [0.5, 0.6) is 5.75 Å². The van der Waals surface area contributed by atoms with Crippen molar-refractivity contribution in [3.05, 3.63) is 143 Å². The molecule has 29 heteroatoms. The smallest absolute Gasteiger partial charge is 0.294 e. The molecular formula is C61H74N5O19S5+. The summed E-state index contributed by atoms with van der Waals surface area (Å²) < 4.78 is 177. The van der Waals surface area contributed by atoms with Gasteiger partial charge in [0.1, 0.15) is 18.1 Å². The van der Waals surface area contributed by atoms with Gasteiger partial charge in [0.15, 0.2) is 5.71 Å². The molecule has 3 heterocycles. The van der Waals surface area contributed by atoms with Gasteiger partial charge >= 0.3 is 0 Å². The molecule has 4 aliphatic rings. The van der Waals surface area contributed by atoms with Crippen molar-refractivity contribution in [2.75, 3.05) is 66.3 Å². The Balaban J connectivity index is 1.18. The third kappa shape index (κ3) is 17.2. The van der Waals surface area contributed by atoms with E-state index >= 15 is 0 Å². The first kappa shape index (κ1) is 69.0. The number of amides is 3. The maximum atomic E-state index is 12.8. The zero-order chi connectivity index (χ0) is 65.8. The minimum Gasteiger partial charge on any atom is -0.457 e. The molecule has 0 saturated heterocycles. The molecule has 8 rings (SSSR count). The van der Waals surface area contributed by atoms with Gasteiger partial charge in [0.05, 0.1) is 32.5 Å². The van der Waals surface area contributed by atoms with E-state index in [0.717, 1.165) is 38.4 Å². The van der Waals surface area contributed by atoms with Crippen molar-refractivity contribution in [1.82, 2.24) is 10.2 Å². The summed E-state index contributed by atoms with van der Waals surface area (Å²) in [5, 5.41) is 4.10. The Morgan fingerprint density at radius 3 is 1.90 bits per heavy atom. The third-order valence-corrected chi connectivity index (χ3v) is 20.5. The van der Waals surface area contributed by atoms with Crippen LogP contribution in [0.4, 0.5) is 17.1 Å². The molecule has 1 aliphatic carbocycles. The Hall–Kier alpha value is -6.93. The van der Waals surface area contributed by atoms with Crippen molar-refractivity contribution >= 4 is 102 Å². The number of hydrogen-bond acceptors (Lipinski definition) is 16. The minimum atomic E-state index is -4.58. The van der Waals surface area contributed by atoms with Crippen molar-refractivity contribution in [3.8, 4) is 5.75 Å². The van der Waals surface area contributed by atoms with Gasteiger partial charge in [-0.05, 0) is 166 Å². The molecule has 0 radical (unpaired) electrons. The molecule has 90 heavy (non-hydrogen) atoms. The van der Waals surface area contributed by atoms with Crippen LogP contribution in [0.2, 0.25) is 0 Å². The monoisotopic (exact) mass is 1340 g/mol. The molecule has 0 spiro atoms. The molecule has 0 aromatic heterocycles. The number of nitrogens with zero attached hydrogens (tertiary/aromatic N) is 4. The summed E-state index contributed by atoms with van der Waals surface area (Å²) in [6.07, 6.45) is 13.7. The molecular weight excluding hydrogens is 1270 g/mol. The van der Waals surface area contributed by atoms with Crippen molar-refractivity contribution in [3.63, 3.8) is 0 Å². The molecule has 0 fully saturated rings. The number of hydrogen-bond donors (Lipinski definition) is 6. The van der Waals surface area contributed by atoms with Crippen molar-refractivity contribution in [2.45, 2.75) is 113 Å². The third-order valence-electron chi connectivity index (χ3n) is 16.3. The van der Waals surface area contributed by atoms with Gasteiger partial charge in [0.25, 0.3) is 62.4 Å². The molecule has 3 aliphatic heterocycles. The Morgan fingerprint density at radius 2 is 1.28 bits per heavy atom. The largest absolute Gasteiger partial charge is 0.457 e. The van der Waals surface area contributed by atoms with Crippen molar-refractivity contribution in [2.24, 2.45) is 0 Å². The molecule has 486 valence electrons. The number of benzene rings is 4. The van der Waals surface area contributed by atoms with Crippen LogP contribution >= 0.6 is 0 Å². The maximum absolute atomic E-state index is 12.8. The molecule has 3 amide bonds. The Morgan fingerprint density at radius 1 is 0.656 bits per heavy atom. The number of carbonyl (C=O) groups is 3. The molecule has 4 aromatic carbocycles. The second-order valence-electron chi connectivity index (χ2n) is 23.5. The fraction of sp³-hybridized carbons (Fsp3) is 0.410. The summed E-state index contributed by atoms with van der Waals surface area (Å²) in [5.74, 6) is -2.14. The molecule has 0 unspecified atom stereocenters. The highest BCUT2D eigenvalue weighted by Crippen LogP contribution is 2.50. The van der Waals surface area contributed by atoms with Gasteiger partial charge in [0.2, 0.25) is 11.6 Å². The first-order valence-electron chi connectivity index (χ1n) is 29.1. The van der Waals surface area contributed by atoms with Crippen LogP contribution < -0.4 is 19.9 Å². The summed E-state index contributed by atoms with van der Waals surface area (Å²) in [5.41, 5.74) is 5.13. The summed E-state index contributed by atoms with van der Waals surface area (Å²) in [6, 6.07) is 18.8. The lowest BCUT2D eigenvalue weighted by Crippen LogP contribution is -2.38. The second-order valence-corrected chi connectivity index (χ2v) is 31.1. The summed E-state index contributed by atoms with van der Waals surface area (Å²) in [7, 11) is -22.2. The topological polar surface area (TPSA) is 357 Å². The summed E-state index contributed by atoms with van der Waals surface area (Å²) in [6.45, 7) is 8.92. The van der Waals surface area contributed by atoms with Crippen LogP contribution in [0.3, 0.4) is 0 Å². The van der Waals surface area contributed by atoms with Crippen LogP contribution in [0, 0.1) is 0 Å². The quantitative estimate of drug-likeness (QED) is 0.0132. The summed E-state index contributed by atoms with van der Waals surface area (Å²) in [4.78, 5) is 40.9. The van der Waals surface area contributed by atoms with Crippen molar-refractivity contribution in [1.29, 1.82) is 0 Å². The zero-order valence-corrected chi connectivity index (χ0v) is 54.2. The highest BCUT2D eigenvalue weighted by Gasteiger charge is 2.46. The number of carbonyl (C=O) groups excluding carboxylic acids is 3. The maximum Gasteiger partial charge on any atom is 0.294 e. The molecule has 4 aromatic rings. The Bertz CT molecular complexity index is 4230. The average molecular weight is 1340 g/mol. The molecule has 0 saturated carbocycles. The number of anilines is 2. The van der Waals surface area contributed by atoms with E-state index < -0.39 is 90.5 Å². The number of unbranched alkanes of at least 4 members (excludes halogenated alkanes) is 2. The number of ether oxygens (including phenoxy) is 1. The Labute approximate surface area is 525 Å². The zero-order valence-electron chi connectivity index (χ0n) is 50.1. The number of fused-ring (bicyclic) bond motifs is 4. The van der Waals surface area contributed by atoms with E-state index in [1.54, 1.807) is 29.2 Å². The first-order valence-corrected chi connectivity index (χ1v) is 36.8. The van der Waals surface area contributed by atoms with Crippen LogP contribution in [0.1, 0.15) is 103 Å². The fourth-order valence-corrected chi connectivity index (χ4v) is 14.5. The lowest BCUT2D eigenvalue weighted by atomic mass is 9.78. The molecule has 0 atom stereocenters. The van der Waals surface area contributed by atoms with Crippen LogP contribution in [0.25, 0.3) is 10.8 Å². The standard InChI is InChI=1S/C61H73N5O19S5/c1-60(2)50-41-45(63(32-9-37-86(70,71)72)33-10-38-87(73,74)75)18-26-51(50)64(35-11-39-88(76,77)78)53(60)27-16-42-12-8-13-43(59(42)85-46-19-21-47(22-20-46)89(79,80)81)17-28-54-61(3,4)58-49-24-23-48(90(82,83)84)40-44(49)15-25-52(58)65(54)34-7-5-6-14-55(67)62-31-36-66-56(68)29-30-57(66)69/h15-30,40-41H,5-14,31-39H2,1-4H3,(H5-,62,67,70,71,72,73,74,75,76,77,78,79,80,81,82,83,84)/p+1. The van der Waals surface area contributed by atoms with Crippen LogP contribution in [-0.4, -0.2) is 154 Å². The first-order chi connectivity index (χ1) is 42.0. The number of nitrogens with one attached hydrogen (secondary N) is 1. The molecule has 0 bridgehead atoms. The lowest BCUT2D eigenvalue weighted by molar-refractivity contribution is -0.438. The predicted molar refractivity (Wildman–Crippen MR) is 339 cm³/mol. The van der Waals surface area contributed by atoms with E-state index in [0.29, 0.717) is 78.9 Å². The van der Waals surface area contributed by atoms with E-state index in [4.69, 9.17) is 4.74 Å². The van der Waals surface area contributed by atoms with Gasteiger partial charge in [-0.2, -0.15) is 46.7 Å². The lowest BCUT2D eigenvalue weighted by Gasteiger charge is -2.28. The Kier molecular flexibility index (Phi) is 21.1. The molecule has 6 N–H and O–H groups in total. The minimum absolute atomic E-state index is 0.00586. The SMILES string of the molecule is CC1(C)C(/C=C/C2=C(Oc3ccc(S(=O)(=O)O)cc3)C(=C/C=C3/N(CCCS(=O)(=O)O)c4ccc(N(CCCS(=O)(=O)O)CCCS(=O)(=O)O)cc4C3(C)C)/CCC2)=[N+](CCCCCC(=O)NCCN2C(=O)C=CC2=O)c2ccc3cc(S(=O)(=O)O)ccc3c21. The van der Waals surface area contributed by atoms with E-state index in [9.17, 15) is 79.2 Å². The number of rotatable bonds is 29. The van der Waals surface area contributed by atoms with Gasteiger partial charge in [-0.1, -0.05) is 26.0 Å². The van der Waals surface area contributed by atoms with E-state index in [2.05, 4.69) is 9.89 Å². The second kappa shape index (κ2) is 27.5. The van der Waals surface area contributed by atoms with Crippen LogP contribution in [-0.2, 0) is 75.8 Å². The number of imide groups is 1. The van der Waals surface area contributed by atoms with Gasteiger partial charge < -0.3 is 19.9 Å². The van der Waals surface area contributed by atoms with Gasteiger partial charge in [0, 0.05) is 97.9 Å². The number of allylic oxidation sites excluding steroid dienone is 7. The fourth-order valence-electron chi connectivity index (χ4n) is 12.0. The average Bonchev–Trinajstić information content (AvgIpc) is 1.70. The van der Waals surface area contributed by atoms with Gasteiger partial charge in [-0.3, -0.25) is 42.0 Å². The van der Waals surface area contributed by atoms with E-state index in [1.807, 2.05) is 69.0 Å². The van der Waals surface area contributed by atoms with Gasteiger partial charge in [-0.15, -0.1) is 0 Å². The summed E-state index contributed by atoms with van der Waals surface area (Å²) >= 11 is 0. The van der Waals surface area contributed by atoms with Crippen molar-refractivity contribution < 1.29 is 88.5 Å². The van der Waals surface area contributed by atoms with E-state index in [-0.39, 0.29) is 79.9 Å². The van der Waals surface area contributed by atoms with E-state index in [1.165, 1.54) is 48.6 Å². The molecule has 24 nitrogen and oxygen atoms in total. The van der Waals surface area contributed by atoms with Crippen LogP contribution in [0.15, 0.2) is 142 Å². The highest BCUT2D eigenvalue weighted by atomic mass is 32.2. The van der Waals surface area contributed by atoms with Gasteiger partial charge in [-0.25, -0.2) is 0 Å². The highest BCUT2D eigenvalue weighted by molar-refractivity contribution is 7.86. The predicted octanol–water partition coefficient (Wildman–Crippen LogP) is 7.63.